The molecule has 0 aliphatic carbocycles. The van der Waals surface area contributed by atoms with Gasteiger partial charge in [-0.3, -0.25) is 19.2 Å². The summed E-state index contributed by atoms with van der Waals surface area (Å²) in [5.74, 6) is 0.837. The largest absolute Gasteiger partial charge is 0.493 e. The number of carbonyl (C=O) groups is 4. The summed E-state index contributed by atoms with van der Waals surface area (Å²) >= 11 is 0. The van der Waals surface area contributed by atoms with Gasteiger partial charge in [0.2, 0.25) is 17.7 Å². The van der Waals surface area contributed by atoms with Crippen LogP contribution >= 0.6 is 0 Å². The molecule has 1 aromatic carbocycles. The molecule has 3 amide bonds. The Kier molecular flexibility index (Phi) is 9.73. The molecule has 0 spiro atoms. The van der Waals surface area contributed by atoms with Crippen LogP contribution in [-0.2, 0) is 30.3 Å². The van der Waals surface area contributed by atoms with Crippen molar-refractivity contribution >= 4 is 23.7 Å². The van der Waals surface area contributed by atoms with E-state index in [2.05, 4.69) is 4.74 Å². The van der Waals surface area contributed by atoms with Gasteiger partial charge < -0.3 is 24.2 Å². The summed E-state index contributed by atoms with van der Waals surface area (Å²) in [5.41, 5.74) is 0.873. The summed E-state index contributed by atoms with van der Waals surface area (Å²) in [7, 11) is 1.37. The van der Waals surface area contributed by atoms with E-state index in [-0.39, 0.29) is 42.6 Å². The van der Waals surface area contributed by atoms with Crippen LogP contribution in [-0.4, -0.2) is 90.9 Å². The molecule has 0 aromatic heterocycles. The van der Waals surface area contributed by atoms with Crippen molar-refractivity contribution in [3.63, 3.8) is 0 Å². The van der Waals surface area contributed by atoms with Gasteiger partial charge in [0.25, 0.3) is 0 Å². The first-order chi connectivity index (χ1) is 17.2. The minimum absolute atomic E-state index is 0.0384. The van der Waals surface area contributed by atoms with Gasteiger partial charge in [-0.2, -0.15) is 0 Å². The average molecular weight is 502 g/mol. The van der Waals surface area contributed by atoms with Crippen LogP contribution in [0, 0.1) is 11.8 Å². The molecule has 1 atom stereocenters. The molecule has 2 aliphatic heterocycles. The summed E-state index contributed by atoms with van der Waals surface area (Å²) in [6, 6.07) is 6.94. The molecule has 3 rings (SSSR count). The third-order valence-electron chi connectivity index (χ3n) is 6.96. The second kappa shape index (κ2) is 12.7. The van der Waals surface area contributed by atoms with Gasteiger partial charge in [0.1, 0.15) is 11.8 Å². The number of carbonyl (C=O) groups excluding carboxylic acids is 4. The van der Waals surface area contributed by atoms with Crippen LogP contribution < -0.4 is 4.74 Å². The molecule has 2 aliphatic rings. The molecule has 1 aromatic rings. The molecule has 2 fully saturated rings. The molecule has 0 bridgehead atoms. The number of rotatable bonds is 9. The van der Waals surface area contributed by atoms with Gasteiger partial charge in [-0.05, 0) is 48.8 Å². The summed E-state index contributed by atoms with van der Waals surface area (Å²) in [6.07, 6.45) is 2.52. The van der Waals surface area contributed by atoms with E-state index in [0.717, 1.165) is 24.2 Å². The highest BCUT2D eigenvalue weighted by atomic mass is 16.5. The number of piperidine rings is 1. The van der Waals surface area contributed by atoms with Gasteiger partial charge in [0, 0.05) is 33.1 Å². The number of likely N-dealkylation sites (tertiary alicyclic amines) is 1. The van der Waals surface area contributed by atoms with Crippen molar-refractivity contribution in [1.29, 1.82) is 0 Å². The molecular weight excluding hydrogens is 462 g/mol. The van der Waals surface area contributed by atoms with Crippen molar-refractivity contribution < 1.29 is 28.7 Å². The van der Waals surface area contributed by atoms with Gasteiger partial charge in [0.15, 0.2) is 0 Å². The molecule has 0 saturated carbocycles. The first-order valence-electron chi connectivity index (χ1n) is 12.8. The zero-order valence-corrected chi connectivity index (χ0v) is 21.9. The normalized spacial score (nSPS) is 19.0. The van der Waals surface area contributed by atoms with Crippen molar-refractivity contribution in [2.24, 2.45) is 11.8 Å². The maximum absolute atomic E-state index is 13.1. The lowest BCUT2D eigenvalue weighted by Crippen LogP contribution is -2.60. The van der Waals surface area contributed by atoms with Crippen LogP contribution in [0.15, 0.2) is 24.3 Å². The summed E-state index contributed by atoms with van der Waals surface area (Å²) in [4.78, 5) is 54.5. The van der Waals surface area contributed by atoms with E-state index < -0.39 is 6.04 Å². The molecule has 0 radical (unpaired) electrons. The molecule has 2 heterocycles. The van der Waals surface area contributed by atoms with Crippen molar-refractivity contribution in [2.45, 2.75) is 52.5 Å². The van der Waals surface area contributed by atoms with Crippen LogP contribution in [0.4, 0.5) is 0 Å². The summed E-state index contributed by atoms with van der Waals surface area (Å²) < 4.78 is 10.6. The van der Waals surface area contributed by atoms with Crippen molar-refractivity contribution in [3.05, 3.63) is 29.8 Å². The number of benzene rings is 1. The van der Waals surface area contributed by atoms with E-state index in [1.165, 1.54) is 14.0 Å². The molecule has 0 unspecified atom stereocenters. The van der Waals surface area contributed by atoms with Crippen molar-refractivity contribution in [1.82, 2.24) is 14.7 Å². The number of nitrogens with zero attached hydrogens (tertiary/aromatic N) is 3. The number of esters is 1. The second-order valence-electron chi connectivity index (χ2n) is 10.1. The lowest BCUT2D eigenvalue weighted by atomic mass is 9.97. The zero-order chi connectivity index (χ0) is 26.2. The van der Waals surface area contributed by atoms with Crippen LogP contribution in [0.25, 0.3) is 0 Å². The zero-order valence-electron chi connectivity index (χ0n) is 21.9. The van der Waals surface area contributed by atoms with Crippen LogP contribution in [0.2, 0.25) is 0 Å². The number of piperazine rings is 1. The molecule has 198 valence electrons. The minimum atomic E-state index is -0.485. The Morgan fingerprint density at radius 1 is 1.03 bits per heavy atom. The van der Waals surface area contributed by atoms with E-state index in [1.807, 2.05) is 43.0 Å². The Morgan fingerprint density at radius 3 is 2.28 bits per heavy atom. The Labute approximate surface area is 213 Å². The lowest BCUT2D eigenvalue weighted by molar-refractivity contribution is -0.154. The third-order valence-corrected chi connectivity index (χ3v) is 6.96. The Hall–Kier alpha value is -3.10. The van der Waals surface area contributed by atoms with Gasteiger partial charge in [-0.15, -0.1) is 0 Å². The number of amides is 3. The van der Waals surface area contributed by atoms with Gasteiger partial charge in [-0.25, -0.2) is 0 Å². The van der Waals surface area contributed by atoms with Gasteiger partial charge >= 0.3 is 5.97 Å². The molecule has 9 nitrogen and oxygen atoms in total. The van der Waals surface area contributed by atoms with Gasteiger partial charge in [0.05, 0.1) is 26.7 Å². The fourth-order valence-electron chi connectivity index (χ4n) is 4.82. The topological polar surface area (TPSA) is 96.5 Å². The number of hydrogen-bond donors (Lipinski definition) is 0. The fourth-order valence-corrected chi connectivity index (χ4v) is 4.82. The SMILES string of the molecule is COC(=O)Cc1ccc(OCC2CCN(C(=O)CN3CCN(C(C)=O)[C@@H](CC(C)C)C3=O)CC2)cc1. The summed E-state index contributed by atoms with van der Waals surface area (Å²) in [5, 5.41) is 0. The number of methoxy groups -OCH3 is 1. The Morgan fingerprint density at radius 2 is 1.69 bits per heavy atom. The van der Waals surface area contributed by atoms with E-state index in [0.29, 0.717) is 45.1 Å². The maximum Gasteiger partial charge on any atom is 0.309 e. The van der Waals surface area contributed by atoms with Crippen LogP contribution in [0.1, 0.15) is 45.6 Å². The predicted octanol–water partition coefficient (Wildman–Crippen LogP) is 2.12. The van der Waals surface area contributed by atoms with Crippen LogP contribution in [0.3, 0.4) is 0 Å². The van der Waals surface area contributed by atoms with E-state index in [1.54, 1.807) is 9.80 Å². The molecule has 36 heavy (non-hydrogen) atoms. The standard InChI is InChI=1S/C27H39N3O6/c1-19(2)15-24-27(34)29(13-14-30(24)20(3)31)17-25(32)28-11-9-22(10-12-28)18-36-23-7-5-21(6-8-23)16-26(33)35-4/h5-8,19,22,24H,9-18H2,1-4H3/t24-/m0/s1. The van der Waals surface area contributed by atoms with Crippen LogP contribution in [0.5, 0.6) is 5.75 Å². The lowest BCUT2D eigenvalue weighted by Gasteiger charge is -2.41. The monoisotopic (exact) mass is 501 g/mol. The first kappa shape index (κ1) is 27.5. The number of ether oxygens (including phenoxy) is 2. The highest BCUT2D eigenvalue weighted by molar-refractivity contribution is 5.91. The van der Waals surface area contributed by atoms with E-state index in [4.69, 9.17) is 4.74 Å². The second-order valence-corrected chi connectivity index (χ2v) is 10.1. The molecule has 9 heteroatoms. The highest BCUT2D eigenvalue weighted by Crippen LogP contribution is 2.22. The smallest absolute Gasteiger partial charge is 0.309 e. The first-order valence-corrected chi connectivity index (χ1v) is 12.8. The minimum Gasteiger partial charge on any atom is -0.493 e. The third kappa shape index (κ3) is 7.45. The molecule has 2 saturated heterocycles. The highest BCUT2D eigenvalue weighted by Gasteiger charge is 2.37. The maximum atomic E-state index is 13.1. The van der Waals surface area contributed by atoms with Gasteiger partial charge in [-0.1, -0.05) is 26.0 Å². The van der Waals surface area contributed by atoms with Crippen molar-refractivity contribution in [3.8, 4) is 5.75 Å². The molecular formula is C27H39N3O6. The Bertz CT molecular complexity index is 924. The quantitative estimate of drug-likeness (QED) is 0.481. The predicted molar refractivity (Wildman–Crippen MR) is 134 cm³/mol. The Balaban J connectivity index is 1.44. The average Bonchev–Trinajstić information content (AvgIpc) is 2.85. The number of hydrogen-bond acceptors (Lipinski definition) is 6. The van der Waals surface area contributed by atoms with Crippen molar-refractivity contribution in [2.75, 3.05) is 46.4 Å². The van der Waals surface area contributed by atoms with E-state index >= 15 is 0 Å². The summed E-state index contributed by atoms with van der Waals surface area (Å²) in [6.45, 7) is 8.34. The fraction of sp³-hybridized carbons (Fsp3) is 0.630. The van der Waals surface area contributed by atoms with E-state index in [9.17, 15) is 19.2 Å². The molecule has 0 N–H and O–H groups in total.